The van der Waals surface area contributed by atoms with Gasteiger partial charge in [0.2, 0.25) is 0 Å². The fourth-order valence-corrected chi connectivity index (χ4v) is 3.01. The van der Waals surface area contributed by atoms with Gasteiger partial charge in [-0.15, -0.1) is 0 Å². The molecule has 2 rings (SSSR count). The topological polar surface area (TPSA) is 103 Å². The highest BCUT2D eigenvalue weighted by Gasteiger charge is 2.34. The lowest BCUT2D eigenvalue weighted by molar-refractivity contribution is -0.163. The number of carbonyl (C=O) groups is 3. The highest BCUT2D eigenvalue weighted by atomic mass is 19.4. The summed E-state index contributed by atoms with van der Waals surface area (Å²) in [7, 11) is 2.93. The summed E-state index contributed by atoms with van der Waals surface area (Å²) < 4.78 is 56.2. The van der Waals surface area contributed by atoms with Gasteiger partial charge in [-0.1, -0.05) is 0 Å². The predicted octanol–water partition coefficient (Wildman–Crippen LogP) is 2.98. The van der Waals surface area contributed by atoms with Crippen LogP contribution < -0.4 is 14.8 Å². The number of alkyl halides is 3. The Morgan fingerprint density at radius 1 is 1.12 bits per heavy atom. The third-order valence-corrected chi connectivity index (χ3v) is 4.76. The second kappa shape index (κ2) is 10.9. The fraction of sp³-hybridized carbons (Fsp3) is 0.550. The number of rotatable bonds is 7. The molecule has 0 bridgehead atoms. The molecule has 1 atom stereocenters. The molecule has 2 amide bonds. The first-order chi connectivity index (χ1) is 15.0. The van der Waals surface area contributed by atoms with Crippen LogP contribution in [0, 0.1) is 5.92 Å². The van der Waals surface area contributed by atoms with E-state index >= 15 is 0 Å². The maximum atomic E-state index is 12.4. The van der Waals surface area contributed by atoms with Crippen molar-refractivity contribution in [2.45, 2.75) is 32.0 Å². The van der Waals surface area contributed by atoms with Gasteiger partial charge < -0.3 is 29.2 Å². The van der Waals surface area contributed by atoms with Crippen LogP contribution in [0.1, 0.15) is 19.8 Å². The van der Waals surface area contributed by atoms with Crippen molar-refractivity contribution >= 4 is 23.7 Å². The van der Waals surface area contributed by atoms with Crippen LogP contribution in [0.5, 0.6) is 11.5 Å². The molecular weight excluding hydrogens is 437 g/mol. The maximum Gasteiger partial charge on any atom is 0.422 e. The minimum absolute atomic E-state index is 0.0443. The number of halogens is 3. The summed E-state index contributed by atoms with van der Waals surface area (Å²) in [5.41, 5.74) is 0.418. The van der Waals surface area contributed by atoms with E-state index in [9.17, 15) is 27.6 Å². The van der Waals surface area contributed by atoms with Gasteiger partial charge in [0.15, 0.2) is 24.2 Å². The largest absolute Gasteiger partial charge is 0.493 e. The van der Waals surface area contributed by atoms with E-state index in [2.05, 4.69) is 10.1 Å². The third kappa shape index (κ3) is 7.20. The molecule has 1 unspecified atom stereocenters. The molecule has 12 heteroatoms. The molecule has 1 saturated heterocycles. The fourth-order valence-electron chi connectivity index (χ4n) is 3.01. The number of ether oxygens (including phenoxy) is 4. The standard InChI is InChI=1S/C20H25F3N2O7/c1-12(17(26)24-14-4-5-15(29-2)16(10-14)30-3)32-18(27)13-6-8-25(9-7-13)19(28)31-11-20(21,22)23/h4-5,10,12-13H,6-9,11H2,1-3H3,(H,24,26). The molecule has 0 saturated carbocycles. The van der Waals surface area contributed by atoms with Gasteiger partial charge in [0.1, 0.15) is 0 Å². The zero-order chi connectivity index (χ0) is 23.9. The molecule has 178 valence electrons. The van der Waals surface area contributed by atoms with E-state index in [-0.39, 0.29) is 25.9 Å². The summed E-state index contributed by atoms with van der Waals surface area (Å²) in [6.07, 6.45) is -6.42. The van der Waals surface area contributed by atoms with Crippen LogP contribution in [0.3, 0.4) is 0 Å². The smallest absolute Gasteiger partial charge is 0.422 e. The molecule has 1 aliphatic rings. The number of esters is 1. The van der Waals surface area contributed by atoms with E-state index in [1.165, 1.54) is 21.1 Å². The first-order valence-electron chi connectivity index (χ1n) is 9.76. The lowest BCUT2D eigenvalue weighted by atomic mass is 9.97. The second-order valence-corrected chi connectivity index (χ2v) is 7.07. The number of hydrogen-bond donors (Lipinski definition) is 1. The lowest BCUT2D eigenvalue weighted by Gasteiger charge is -2.30. The van der Waals surface area contributed by atoms with Crippen LogP contribution in [-0.2, 0) is 19.1 Å². The van der Waals surface area contributed by atoms with E-state index in [0.29, 0.717) is 17.2 Å². The van der Waals surface area contributed by atoms with Crippen molar-refractivity contribution < 1.29 is 46.5 Å². The van der Waals surface area contributed by atoms with Crippen molar-refractivity contribution in [2.75, 3.05) is 39.2 Å². The molecule has 32 heavy (non-hydrogen) atoms. The number of likely N-dealkylation sites (tertiary alicyclic amines) is 1. The normalized spacial score (nSPS) is 15.5. The molecule has 0 spiro atoms. The Labute approximate surface area is 182 Å². The van der Waals surface area contributed by atoms with Crippen LogP contribution in [0.4, 0.5) is 23.7 Å². The Balaban J connectivity index is 1.81. The van der Waals surface area contributed by atoms with E-state index in [1.54, 1.807) is 18.2 Å². The number of amides is 2. The zero-order valence-corrected chi connectivity index (χ0v) is 17.9. The number of benzene rings is 1. The maximum absolute atomic E-state index is 12.4. The number of anilines is 1. The van der Waals surface area contributed by atoms with Gasteiger partial charge in [0, 0.05) is 24.8 Å². The first-order valence-corrected chi connectivity index (χ1v) is 9.76. The number of nitrogens with one attached hydrogen (secondary N) is 1. The van der Waals surface area contributed by atoms with Crippen LogP contribution in [0.2, 0.25) is 0 Å². The van der Waals surface area contributed by atoms with E-state index in [4.69, 9.17) is 14.2 Å². The van der Waals surface area contributed by atoms with Crippen molar-refractivity contribution in [3.8, 4) is 11.5 Å². The average Bonchev–Trinajstić information content (AvgIpc) is 2.76. The van der Waals surface area contributed by atoms with E-state index < -0.39 is 42.8 Å². The Kier molecular flexibility index (Phi) is 8.56. The van der Waals surface area contributed by atoms with Crippen molar-refractivity contribution in [1.82, 2.24) is 4.90 Å². The summed E-state index contributed by atoms with van der Waals surface area (Å²) in [5.74, 6) is -0.867. The minimum Gasteiger partial charge on any atom is -0.493 e. The van der Waals surface area contributed by atoms with Gasteiger partial charge in [-0.25, -0.2) is 4.79 Å². The molecule has 1 heterocycles. The average molecular weight is 462 g/mol. The van der Waals surface area contributed by atoms with Gasteiger partial charge in [0.05, 0.1) is 20.1 Å². The van der Waals surface area contributed by atoms with Crippen LogP contribution in [0.25, 0.3) is 0 Å². The number of methoxy groups -OCH3 is 2. The highest BCUT2D eigenvalue weighted by Crippen LogP contribution is 2.30. The van der Waals surface area contributed by atoms with Crippen molar-refractivity contribution in [1.29, 1.82) is 0 Å². The quantitative estimate of drug-likeness (QED) is 0.622. The monoisotopic (exact) mass is 462 g/mol. The minimum atomic E-state index is -4.61. The van der Waals surface area contributed by atoms with Gasteiger partial charge in [-0.3, -0.25) is 9.59 Å². The molecule has 1 aromatic rings. The molecule has 9 nitrogen and oxygen atoms in total. The van der Waals surface area contributed by atoms with Crippen LogP contribution in [-0.4, -0.2) is 69.1 Å². The summed E-state index contributed by atoms with van der Waals surface area (Å²) in [5, 5.41) is 2.61. The van der Waals surface area contributed by atoms with E-state index in [1.807, 2.05) is 0 Å². The Hall–Kier alpha value is -3.18. The highest BCUT2D eigenvalue weighted by molar-refractivity contribution is 5.95. The third-order valence-electron chi connectivity index (χ3n) is 4.76. The van der Waals surface area contributed by atoms with Gasteiger partial charge in [0.25, 0.3) is 5.91 Å². The molecular formula is C20H25F3N2O7. The number of piperidine rings is 1. The van der Waals surface area contributed by atoms with Gasteiger partial charge >= 0.3 is 18.2 Å². The summed E-state index contributed by atoms with van der Waals surface area (Å²) in [6.45, 7) is -0.163. The SMILES string of the molecule is COc1ccc(NC(=O)C(C)OC(=O)C2CCN(C(=O)OCC(F)(F)F)CC2)cc1OC. The van der Waals surface area contributed by atoms with Crippen molar-refractivity contribution in [3.05, 3.63) is 18.2 Å². The zero-order valence-electron chi connectivity index (χ0n) is 17.9. The lowest BCUT2D eigenvalue weighted by Crippen LogP contribution is -2.42. The Morgan fingerprint density at radius 2 is 1.75 bits per heavy atom. The first kappa shape index (κ1) is 25.1. The van der Waals surface area contributed by atoms with Crippen molar-refractivity contribution in [3.63, 3.8) is 0 Å². The molecule has 0 aromatic heterocycles. The Morgan fingerprint density at radius 3 is 2.31 bits per heavy atom. The predicted molar refractivity (Wildman–Crippen MR) is 105 cm³/mol. The molecule has 1 N–H and O–H groups in total. The summed E-state index contributed by atoms with van der Waals surface area (Å²) in [6, 6.07) is 4.76. The molecule has 0 radical (unpaired) electrons. The number of carbonyl (C=O) groups excluding carboxylic acids is 3. The van der Waals surface area contributed by atoms with Gasteiger partial charge in [-0.05, 0) is 31.9 Å². The Bertz CT molecular complexity index is 824. The number of hydrogen-bond acceptors (Lipinski definition) is 7. The second-order valence-electron chi connectivity index (χ2n) is 7.07. The van der Waals surface area contributed by atoms with Crippen molar-refractivity contribution in [2.24, 2.45) is 5.92 Å². The van der Waals surface area contributed by atoms with Crippen LogP contribution >= 0.6 is 0 Å². The summed E-state index contributed by atoms with van der Waals surface area (Å²) in [4.78, 5) is 37.5. The van der Waals surface area contributed by atoms with Crippen LogP contribution in [0.15, 0.2) is 18.2 Å². The molecule has 1 aromatic carbocycles. The molecule has 0 aliphatic carbocycles. The van der Waals surface area contributed by atoms with E-state index in [0.717, 1.165) is 4.90 Å². The van der Waals surface area contributed by atoms with Gasteiger partial charge in [-0.2, -0.15) is 13.2 Å². The summed E-state index contributed by atoms with van der Waals surface area (Å²) >= 11 is 0. The molecule has 1 fully saturated rings. The molecule has 1 aliphatic heterocycles. The number of nitrogens with zero attached hydrogens (tertiary/aromatic N) is 1.